The van der Waals surface area contributed by atoms with E-state index in [-0.39, 0.29) is 23.0 Å². The molecule has 6 rings (SSSR count). The number of para-hydroxylation sites is 1. The van der Waals surface area contributed by atoms with Gasteiger partial charge in [0.2, 0.25) is 0 Å². The molecule has 0 N–H and O–H groups in total. The number of carbonyl (C=O) groups is 3. The highest BCUT2D eigenvalue weighted by Gasteiger charge is 2.60. The molecule has 2 amide bonds. The normalized spacial score (nSPS) is 21.0. The first-order chi connectivity index (χ1) is 19.9. The Morgan fingerprint density at radius 3 is 2.32 bits per heavy atom. The summed E-state index contributed by atoms with van der Waals surface area (Å²) in [5, 5.41) is 0.455. The first-order valence-electron chi connectivity index (χ1n) is 13.7. The molecule has 41 heavy (non-hydrogen) atoms. The molecule has 0 aromatic heterocycles. The van der Waals surface area contributed by atoms with E-state index in [1.807, 2.05) is 43.3 Å². The Labute approximate surface area is 248 Å². The summed E-state index contributed by atoms with van der Waals surface area (Å²) in [7, 11) is 0. The van der Waals surface area contributed by atoms with E-state index in [4.69, 9.17) is 21.1 Å². The zero-order chi connectivity index (χ0) is 28.6. The van der Waals surface area contributed by atoms with Gasteiger partial charge in [-0.2, -0.15) is 0 Å². The van der Waals surface area contributed by atoms with Gasteiger partial charge >= 0.3 is 5.97 Å². The summed E-state index contributed by atoms with van der Waals surface area (Å²) in [6, 6.07) is 22.0. The molecule has 3 heterocycles. The van der Waals surface area contributed by atoms with E-state index in [1.165, 1.54) is 0 Å². The highest BCUT2D eigenvalue weighted by Crippen LogP contribution is 2.52. The van der Waals surface area contributed by atoms with Crippen LogP contribution >= 0.6 is 23.4 Å². The standard InChI is InChI=1S/C31H30ClN3O5S/c1-2-39-28(36)21-15-17-33(18-16-21)20-34-27-6-4-3-5-26(27)31(29(34)37)19-41-30(38)35(31)23-9-13-25(14-10-23)40-24-11-7-22(32)8-12-24/h3-14,21H,2,15-20H2,1H3. The van der Waals surface area contributed by atoms with Crippen molar-refractivity contribution in [3.8, 4) is 11.5 Å². The minimum Gasteiger partial charge on any atom is -0.466 e. The molecule has 2 fully saturated rings. The Morgan fingerprint density at radius 2 is 1.63 bits per heavy atom. The zero-order valence-electron chi connectivity index (χ0n) is 22.6. The molecule has 0 radical (unpaired) electrons. The number of anilines is 2. The molecule has 0 bridgehead atoms. The van der Waals surface area contributed by atoms with Gasteiger partial charge in [-0.1, -0.05) is 41.6 Å². The largest absolute Gasteiger partial charge is 0.466 e. The fourth-order valence-corrected chi connectivity index (χ4v) is 7.11. The lowest BCUT2D eigenvalue weighted by molar-refractivity contribution is -0.149. The van der Waals surface area contributed by atoms with Crippen LogP contribution in [-0.4, -0.2) is 54.1 Å². The summed E-state index contributed by atoms with van der Waals surface area (Å²) < 4.78 is 11.1. The monoisotopic (exact) mass is 591 g/mol. The smallest absolute Gasteiger partial charge is 0.309 e. The van der Waals surface area contributed by atoms with Gasteiger partial charge in [-0.3, -0.25) is 29.1 Å². The number of halogens is 1. The van der Waals surface area contributed by atoms with E-state index in [0.29, 0.717) is 67.2 Å². The van der Waals surface area contributed by atoms with Gasteiger partial charge in [0, 0.05) is 35.1 Å². The molecule has 3 aliphatic heterocycles. The number of fused-ring (bicyclic) bond motifs is 2. The van der Waals surface area contributed by atoms with E-state index in [1.54, 1.807) is 46.2 Å². The average molecular weight is 592 g/mol. The second kappa shape index (κ2) is 11.4. The molecule has 3 aromatic carbocycles. The summed E-state index contributed by atoms with van der Waals surface area (Å²) in [4.78, 5) is 45.6. The minimum absolute atomic E-state index is 0.106. The quantitative estimate of drug-likeness (QED) is 0.299. The number of likely N-dealkylation sites (tertiary alicyclic amines) is 1. The Hall–Kier alpha value is -3.53. The highest BCUT2D eigenvalue weighted by atomic mass is 35.5. The van der Waals surface area contributed by atoms with Crippen LogP contribution in [0.1, 0.15) is 25.3 Å². The summed E-state index contributed by atoms with van der Waals surface area (Å²) in [5.41, 5.74) is 1.13. The van der Waals surface area contributed by atoms with Crippen LogP contribution in [0, 0.1) is 5.92 Å². The van der Waals surface area contributed by atoms with Crippen LogP contribution in [0.15, 0.2) is 72.8 Å². The van der Waals surface area contributed by atoms with Crippen molar-refractivity contribution in [2.45, 2.75) is 25.3 Å². The number of amides is 2. The number of thioether (sulfide) groups is 1. The van der Waals surface area contributed by atoms with Gasteiger partial charge in [0.15, 0.2) is 5.54 Å². The second-order valence-electron chi connectivity index (χ2n) is 10.3. The maximum atomic E-state index is 14.4. The maximum absolute atomic E-state index is 14.4. The van der Waals surface area contributed by atoms with Crippen LogP contribution in [0.2, 0.25) is 5.02 Å². The number of piperidine rings is 1. The molecule has 3 aromatic rings. The lowest BCUT2D eigenvalue weighted by Crippen LogP contribution is -2.54. The van der Waals surface area contributed by atoms with E-state index in [0.717, 1.165) is 23.0 Å². The van der Waals surface area contributed by atoms with Gasteiger partial charge in [-0.15, -0.1) is 0 Å². The van der Waals surface area contributed by atoms with Gasteiger partial charge < -0.3 is 9.47 Å². The number of ether oxygens (including phenoxy) is 2. The highest BCUT2D eigenvalue weighted by molar-refractivity contribution is 8.14. The minimum atomic E-state index is -1.14. The van der Waals surface area contributed by atoms with Crippen LogP contribution in [0.25, 0.3) is 0 Å². The molecule has 8 nitrogen and oxygen atoms in total. The third kappa shape index (κ3) is 5.07. The molecule has 1 spiro atoms. The van der Waals surface area contributed by atoms with Crippen molar-refractivity contribution in [1.82, 2.24) is 4.90 Å². The molecular weight excluding hydrogens is 562 g/mol. The third-order valence-corrected chi connectivity index (χ3v) is 9.14. The first kappa shape index (κ1) is 27.6. The van der Waals surface area contributed by atoms with Gasteiger partial charge in [-0.05, 0) is 74.4 Å². The van der Waals surface area contributed by atoms with Crippen LogP contribution in [0.4, 0.5) is 16.2 Å². The van der Waals surface area contributed by atoms with E-state index >= 15 is 0 Å². The van der Waals surface area contributed by atoms with Gasteiger partial charge in [0.1, 0.15) is 11.5 Å². The van der Waals surface area contributed by atoms with Crippen molar-refractivity contribution in [2.24, 2.45) is 5.92 Å². The Kier molecular flexibility index (Phi) is 7.68. The fourth-order valence-electron chi connectivity index (χ4n) is 5.85. The van der Waals surface area contributed by atoms with Crippen molar-refractivity contribution in [2.75, 3.05) is 41.9 Å². The van der Waals surface area contributed by atoms with E-state index < -0.39 is 5.54 Å². The van der Waals surface area contributed by atoms with Crippen LogP contribution < -0.4 is 14.5 Å². The maximum Gasteiger partial charge on any atom is 0.309 e. The second-order valence-corrected chi connectivity index (χ2v) is 11.7. The molecule has 1 unspecified atom stereocenters. The Morgan fingerprint density at radius 1 is 0.976 bits per heavy atom. The Balaban J connectivity index is 1.24. The predicted molar refractivity (Wildman–Crippen MR) is 160 cm³/mol. The van der Waals surface area contributed by atoms with Crippen LogP contribution in [0.5, 0.6) is 11.5 Å². The molecule has 1 atom stereocenters. The average Bonchev–Trinajstić information content (AvgIpc) is 3.45. The predicted octanol–water partition coefficient (Wildman–Crippen LogP) is 6.28. The molecule has 10 heteroatoms. The third-order valence-electron chi connectivity index (χ3n) is 7.90. The number of hydrogen-bond donors (Lipinski definition) is 0. The topological polar surface area (TPSA) is 79.4 Å². The van der Waals surface area contributed by atoms with E-state index in [9.17, 15) is 14.4 Å². The number of benzene rings is 3. The fraction of sp³-hybridized carbons (Fsp3) is 0.323. The van der Waals surface area contributed by atoms with Crippen molar-refractivity contribution in [3.63, 3.8) is 0 Å². The van der Waals surface area contributed by atoms with Crippen molar-refractivity contribution in [1.29, 1.82) is 0 Å². The van der Waals surface area contributed by atoms with Gasteiger partial charge in [0.05, 0.1) is 24.9 Å². The number of carbonyl (C=O) groups excluding carboxylic acids is 3. The molecule has 0 aliphatic carbocycles. The number of esters is 1. The van der Waals surface area contributed by atoms with E-state index in [2.05, 4.69) is 4.90 Å². The van der Waals surface area contributed by atoms with Gasteiger partial charge in [0.25, 0.3) is 11.1 Å². The summed E-state index contributed by atoms with van der Waals surface area (Å²) in [6.45, 7) is 3.97. The first-order valence-corrected chi connectivity index (χ1v) is 15.1. The van der Waals surface area contributed by atoms with Crippen molar-refractivity contribution >= 4 is 51.9 Å². The number of rotatable bonds is 7. The van der Waals surface area contributed by atoms with Crippen LogP contribution in [-0.2, 0) is 19.9 Å². The number of hydrogen-bond acceptors (Lipinski definition) is 7. The van der Waals surface area contributed by atoms with Crippen molar-refractivity contribution < 1.29 is 23.9 Å². The SMILES string of the molecule is CCOC(=O)C1CCN(CN2C(=O)C3(CSC(=O)N3c3ccc(Oc4ccc(Cl)cc4)cc3)c3ccccc32)CC1. The summed E-state index contributed by atoms with van der Waals surface area (Å²) >= 11 is 7.13. The van der Waals surface area contributed by atoms with Crippen LogP contribution in [0.3, 0.4) is 0 Å². The van der Waals surface area contributed by atoms with Crippen molar-refractivity contribution in [3.05, 3.63) is 83.4 Å². The Bertz CT molecular complexity index is 1460. The zero-order valence-corrected chi connectivity index (χ0v) is 24.2. The number of nitrogens with zero attached hydrogens (tertiary/aromatic N) is 3. The van der Waals surface area contributed by atoms with Gasteiger partial charge in [-0.25, -0.2) is 0 Å². The summed E-state index contributed by atoms with van der Waals surface area (Å²) in [5.74, 6) is 1.21. The molecule has 212 valence electrons. The molecule has 0 saturated carbocycles. The summed E-state index contributed by atoms with van der Waals surface area (Å²) in [6.07, 6.45) is 1.39. The molecule has 3 aliphatic rings. The lowest BCUT2D eigenvalue weighted by Gasteiger charge is -2.36. The molecule has 2 saturated heterocycles. The molecular formula is C31H30ClN3O5S. The lowest BCUT2D eigenvalue weighted by atomic mass is 9.91.